The molecule has 0 unspecified atom stereocenters. The van der Waals surface area contributed by atoms with Crippen molar-refractivity contribution in [2.75, 3.05) is 0 Å². The Balaban J connectivity index is 1.98. The van der Waals surface area contributed by atoms with Crippen LogP contribution in [0.4, 0.5) is 0 Å². The Morgan fingerprint density at radius 1 is 1.14 bits per heavy atom. The molecule has 0 amide bonds. The Kier molecular flexibility index (Phi) is 1.48. The van der Waals surface area contributed by atoms with Crippen LogP contribution in [-0.4, -0.2) is 24.0 Å². The first-order valence-corrected chi connectivity index (χ1v) is 4.88. The quantitative estimate of drug-likeness (QED) is 0.533. The molecule has 1 fully saturated rings. The molecule has 14 heavy (non-hydrogen) atoms. The third-order valence-electron chi connectivity index (χ3n) is 2.95. The monoisotopic (exact) mass is 194 g/mol. The summed E-state index contributed by atoms with van der Waals surface area (Å²) in [5.74, 6) is 0.599. The van der Waals surface area contributed by atoms with Crippen molar-refractivity contribution < 1.29 is 19.1 Å². The van der Waals surface area contributed by atoms with E-state index < -0.39 is 6.10 Å². The van der Waals surface area contributed by atoms with Gasteiger partial charge in [0.1, 0.15) is 11.9 Å². The first kappa shape index (κ1) is 8.03. The predicted octanol–water partition coefficient (Wildman–Crippen LogP) is 0.708. The predicted molar refractivity (Wildman–Crippen MR) is 45.3 cm³/mol. The normalized spacial score (nSPS) is 35.1. The van der Waals surface area contributed by atoms with Crippen LogP contribution in [0.3, 0.4) is 0 Å². The van der Waals surface area contributed by atoms with E-state index in [-0.39, 0.29) is 24.3 Å². The summed E-state index contributed by atoms with van der Waals surface area (Å²) in [5.41, 5.74) is 0.632. The molecular formula is C10H10O4. The van der Waals surface area contributed by atoms with E-state index in [0.29, 0.717) is 12.0 Å². The summed E-state index contributed by atoms with van der Waals surface area (Å²) in [7, 11) is 0. The maximum Gasteiger partial charge on any atom is 0.310 e. The van der Waals surface area contributed by atoms with Gasteiger partial charge in [-0.05, 0) is 6.42 Å². The average Bonchev–Trinajstić information content (AvgIpc) is 2.60. The second-order valence-corrected chi connectivity index (χ2v) is 3.88. The van der Waals surface area contributed by atoms with E-state index in [4.69, 9.17) is 9.47 Å². The number of rotatable bonds is 0. The second kappa shape index (κ2) is 2.59. The number of carbonyl (C=O) groups is 2. The van der Waals surface area contributed by atoms with Gasteiger partial charge in [0, 0.05) is 12.8 Å². The smallest absolute Gasteiger partial charge is 0.310 e. The van der Waals surface area contributed by atoms with Crippen LogP contribution < -0.4 is 0 Å². The lowest BCUT2D eigenvalue weighted by atomic mass is 9.93. The zero-order chi connectivity index (χ0) is 9.71. The van der Waals surface area contributed by atoms with Crippen LogP contribution in [0.1, 0.15) is 25.7 Å². The number of esters is 1. The number of allylic oxidation sites excluding steroid dienone is 1. The maximum absolute atomic E-state index is 11.6. The fraction of sp³-hybridized carbons (Fsp3) is 0.600. The number of ketones is 1. The molecule has 0 aromatic carbocycles. The highest BCUT2D eigenvalue weighted by atomic mass is 16.6. The topological polar surface area (TPSA) is 52.6 Å². The van der Waals surface area contributed by atoms with E-state index in [2.05, 4.69) is 0 Å². The van der Waals surface area contributed by atoms with Crippen LogP contribution in [0.5, 0.6) is 0 Å². The fourth-order valence-electron chi connectivity index (χ4n) is 2.34. The van der Waals surface area contributed by atoms with Gasteiger partial charge < -0.3 is 9.47 Å². The number of hydrogen-bond donors (Lipinski definition) is 0. The molecule has 0 radical (unpaired) electrons. The lowest BCUT2D eigenvalue weighted by molar-refractivity contribution is -0.140. The highest BCUT2D eigenvalue weighted by Gasteiger charge is 2.48. The van der Waals surface area contributed by atoms with E-state index in [9.17, 15) is 9.59 Å². The molecule has 0 N–H and O–H groups in total. The van der Waals surface area contributed by atoms with E-state index in [1.807, 2.05) is 0 Å². The molecule has 0 spiro atoms. The molecule has 2 atom stereocenters. The zero-order valence-corrected chi connectivity index (χ0v) is 7.62. The average molecular weight is 194 g/mol. The van der Waals surface area contributed by atoms with E-state index in [1.165, 1.54) is 0 Å². The molecule has 2 aliphatic heterocycles. The summed E-state index contributed by atoms with van der Waals surface area (Å²) < 4.78 is 10.6. The number of carbonyl (C=O) groups excluding carboxylic acids is 2. The molecule has 0 aromatic rings. The maximum atomic E-state index is 11.6. The van der Waals surface area contributed by atoms with Gasteiger partial charge in [0.2, 0.25) is 0 Å². The molecule has 0 aromatic heterocycles. The van der Waals surface area contributed by atoms with Crippen molar-refractivity contribution >= 4 is 11.8 Å². The minimum absolute atomic E-state index is 0.0912. The van der Waals surface area contributed by atoms with Crippen LogP contribution in [0.15, 0.2) is 11.3 Å². The Bertz CT molecular complexity index is 355. The van der Waals surface area contributed by atoms with Crippen molar-refractivity contribution in [3.63, 3.8) is 0 Å². The lowest BCUT2D eigenvalue weighted by Gasteiger charge is -2.13. The summed E-state index contributed by atoms with van der Waals surface area (Å²) >= 11 is 0. The van der Waals surface area contributed by atoms with Gasteiger partial charge in [-0.1, -0.05) is 0 Å². The molecule has 1 saturated heterocycles. The Morgan fingerprint density at radius 3 is 2.86 bits per heavy atom. The number of hydrogen-bond acceptors (Lipinski definition) is 4. The highest BCUT2D eigenvalue weighted by molar-refractivity contribution is 5.99. The molecule has 1 aliphatic carbocycles. The first-order valence-electron chi connectivity index (χ1n) is 4.88. The number of fused-ring (bicyclic) bond motifs is 2. The minimum Gasteiger partial charge on any atom is -0.489 e. The van der Waals surface area contributed by atoms with Crippen molar-refractivity contribution in [3.8, 4) is 0 Å². The molecule has 0 bridgehead atoms. The van der Waals surface area contributed by atoms with Gasteiger partial charge in [0.25, 0.3) is 0 Å². The van der Waals surface area contributed by atoms with Crippen LogP contribution in [0.25, 0.3) is 0 Å². The first-order chi connectivity index (χ1) is 6.75. The third kappa shape index (κ3) is 0.937. The molecule has 3 rings (SSSR count). The van der Waals surface area contributed by atoms with Gasteiger partial charge in [-0.3, -0.25) is 9.59 Å². The lowest BCUT2D eigenvalue weighted by Crippen LogP contribution is -2.23. The third-order valence-corrected chi connectivity index (χ3v) is 2.95. The molecule has 0 saturated carbocycles. The molecule has 3 aliphatic rings. The summed E-state index contributed by atoms with van der Waals surface area (Å²) in [6, 6.07) is 0. The highest BCUT2D eigenvalue weighted by Crippen LogP contribution is 2.40. The Labute approximate surface area is 80.9 Å². The Morgan fingerprint density at radius 2 is 2.00 bits per heavy atom. The number of Topliss-reactive ketones (excluding diaryl/α,β-unsaturated/α-hetero) is 1. The zero-order valence-electron chi connectivity index (χ0n) is 7.62. The van der Waals surface area contributed by atoms with Crippen molar-refractivity contribution in [3.05, 3.63) is 11.3 Å². The van der Waals surface area contributed by atoms with Gasteiger partial charge in [0.15, 0.2) is 11.9 Å². The van der Waals surface area contributed by atoms with E-state index >= 15 is 0 Å². The fourth-order valence-corrected chi connectivity index (χ4v) is 2.34. The molecular weight excluding hydrogens is 184 g/mol. The molecule has 74 valence electrons. The van der Waals surface area contributed by atoms with E-state index in [0.717, 1.165) is 18.6 Å². The standard InChI is InChI=1S/C10H10O4/c11-5-2-1-3-6-9(5)10-7(13-6)4-8(12)14-10/h7,10H,1-4H2/t7-,10-/m0/s1. The van der Waals surface area contributed by atoms with Crippen molar-refractivity contribution in [2.24, 2.45) is 0 Å². The molecule has 4 heteroatoms. The number of ether oxygens (including phenoxy) is 2. The summed E-state index contributed by atoms with van der Waals surface area (Å²) in [6.07, 6.45) is 1.88. The van der Waals surface area contributed by atoms with Crippen LogP contribution in [0.2, 0.25) is 0 Å². The van der Waals surface area contributed by atoms with Gasteiger partial charge in [0.05, 0.1) is 12.0 Å². The van der Waals surface area contributed by atoms with E-state index in [1.54, 1.807) is 0 Å². The van der Waals surface area contributed by atoms with Crippen LogP contribution in [0, 0.1) is 0 Å². The van der Waals surface area contributed by atoms with Crippen molar-refractivity contribution in [1.29, 1.82) is 0 Å². The van der Waals surface area contributed by atoms with Gasteiger partial charge in [-0.25, -0.2) is 0 Å². The summed E-state index contributed by atoms with van der Waals surface area (Å²) in [4.78, 5) is 22.6. The van der Waals surface area contributed by atoms with Gasteiger partial charge >= 0.3 is 5.97 Å². The van der Waals surface area contributed by atoms with Crippen LogP contribution in [-0.2, 0) is 19.1 Å². The van der Waals surface area contributed by atoms with Gasteiger partial charge in [-0.15, -0.1) is 0 Å². The largest absolute Gasteiger partial charge is 0.489 e. The Hall–Kier alpha value is -1.32. The second-order valence-electron chi connectivity index (χ2n) is 3.88. The van der Waals surface area contributed by atoms with Gasteiger partial charge in [-0.2, -0.15) is 0 Å². The van der Waals surface area contributed by atoms with Crippen molar-refractivity contribution in [2.45, 2.75) is 37.9 Å². The SMILES string of the molecule is O=C1C[C@@H]2OC3=C(C(=O)CCC3)[C@H]2O1. The van der Waals surface area contributed by atoms with Crippen molar-refractivity contribution in [1.82, 2.24) is 0 Å². The molecule has 2 heterocycles. The minimum atomic E-state index is -0.398. The summed E-state index contributed by atoms with van der Waals surface area (Å²) in [6.45, 7) is 0. The molecule has 4 nitrogen and oxygen atoms in total. The van der Waals surface area contributed by atoms with Crippen LogP contribution >= 0.6 is 0 Å². The summed E-state index contributed by atoms with van der Waals surface area (Å²) in [5, 5.41) is 0.